The van der Waals surface area contributed by atoms with Crippen molar-refractivity contribution in [3.8, 4) is 11.5 Å². The lowest BCUT2D eigenvalue weighted by molar-refractivity contribution is -0.135. The number of hydrogen-bond donors (Lipinski definition) is 2. The van der Waals surface area contributed by atoms with E-state index in [1.807, 2.05) is 35.2 Å². The quantitative estimate of drug-likeness (QED) is 0.364. The van der Waals surface area contributed by atoms with Gasteiger partial charge in [0.05, 0.1) is 21.9 Å². The van der Waals surface area contributed by atoms with Gasteiger partial charge in [-0.15, -0.1) is 0 Å². The largest absolute Gasteiger partial charge is 0.457 e. The summed E-state index contributed by atoms with van der Waals surface area (Å²) in [6.07, 6.45) is 3.88. The molecular weight excluding hydrogens is 504 g/mol. The molecule has 1 amide bonds. The van der Waals surface area contributed by atoms with Crippen LogP contribution in [0.1, 0.15) is 22.3 Å². The molecular formula is C28H27ClN6O3. The molecule has 0 radical (unpaired) electrons. The van der Waals surface area contributed by atoms with Crippen molar-refractivity contribution in [3.63, 3.8) is 0 Å². The molecule has 0 bridgehead atoms. The number of H-pyrrole nitrogens is 1. The lowest BCUT2D eigenvalue weighted by Gasteiger charge is -2.29. The van der Waals surface area contributed by atoms with Crippen LogP contribution in [0.4, 0.5) is 5.82 Å². The number of anilines is 1. The van der Waals surface area contributed by atoms with Crippen molar-refractivity contribution >= 4 is 40.1 Å². The van der Waals surface area contributed by atoms with Crippen molar-refractivity contribution < 1.29 is 14.3 Å². The van der Waals surface area contributed by atoms with E-state index < -0.39 is 0 Å². The second-order valence-corrected chi connectivity index (χ2v) is 9.92. The van der Waals surface area contributed by atoms with Crippen LogP contribution in [0.25, 0.3) is 11.0 Å². The first kappa shape index (κ1) is 24.4. The summed E-state index contributed by atoms with van der Waals surface area (Å²) in [4.78, 5) is 42.8. The molecule has 38 heavy (non-hydrogen) atoms. The summed E-state index contributed by atoms with van der Waals surface area (Å²) in [6, 6.07) is 14.4. The monoisotopic (exact) mass is 530 g/mol. The number of carbonyl (C=O) groups is 2. The number of halogens is 1. The SMILES string of the molecule is O=C(c1ccc(Oc2ccccc2)cc1Cl)c1c[nH]c2ncnc(N3CCC(C(=O)N4CCNCC4)C3)c12. The Morgan fingerprint density at radius 2 is 1.79 bits per heavy atom. The normalized spacial score (nSPS) is 17.7. The Kier molecular flexibility index (Phi) is 6.70. The molecule has 2 aliphatic heterocycles. The number of aromatic nitrogens is 3. The average molecular weight is 531 g/mol. The van der Waals surface area contributed by atoms with Gasteiger partial charge in [-0.25, -0.2) is 9.97 Å². The van der Waals surface area contributed by atoms with Crippen LogP contribution in [0, 0.1) is 5.92 Å². The van der Waals surface area contributed by atoms with Gasteiger partial charge in [0.15, 0.2) is 5.78 Å². The van der Waals surface area contributed by atoms with Crippen LogP contribution in [-0.4, -0.2) is 70.8 Å². The van der Waals surface area contributed by atoms with Crippen LogP contribution in [-0.2, 0) is 4.79 Å². The molecule has 0 aliphatic carbocycles. The van der Waals surface area contributed by atoms with Gasteiger partial charge in [0, 0.05) is 57.1 Å². The molecule has 194 valence electrons. The van der Waals surface area contributed by atoms with Gasteiger partial charge < -0.3 is 24.8 Å². The summed E-state index contributed by atoms with van der Waals surface area (Å²) in [5, 5.41) is 4.21. The van der Waals surface area contributed by atoms with Crippen molar-refractivity contribution in [2.24, 2.45) is 5.92 Å². The number of benzene rings is 2. The number of hydrogen-bond acceptors (Lipinski definition) is 7. The van der Waals surface area contributed by atoms with E-state index in [0.29, 0.717) is 57.6 Å². The number of para-hydroxylation sites is 1. The zero-order chi connectivity index (χ0) is 26.1. The number of aromatic amines is 1. The van der Waals surface area contributed by atoms with Crippen LogP contribution in [0.5, 0.6) is 11.5 Å². The average Bonchev–Trinajstić information content (AvgIpc) is 3.61. The predicted molar refractivity (Wildman–Crippen MR) is 145 cm³/mol. The maximum Gasteiger partial charge on any atom is 0.227 e. The first-order valence-corrected chi connectivity index (χ1v) is 13.1. The van der Waals surface area contributed by atoms with E-state index >= 15 is 0 Å². The standard InChI is InChI=1S/C28H27ClN6O3/c29-23-14-20(38-19-4-2-1-3-5-19)6-7-21(23)25(36)22-15-31-26-24(22)27(33-17-32-26)35-11-8-18(16-35)28(37)34-12-9-30-10-13-34/h1-7,14-15,17-18,30H,8-13,16H2,(H,31,32,33). The maximum absolute atomic E-state index is 13.7. The third-order valence-corrected chi connectivity index (χ3v) is 7.44. The Bertz CT molecular complexity index is 1480. The Balaban J connectivity index is 1.25. The van der Waals surface area contributed by atoms with E-state index in [9.17, 15) is 9.59 Å². The van der Waals surface area contributed by atoms with Crippen LogP contribution in [0.3, 0.4) is 0 Å². The minimum absolute atomic E-state index is 0.0946. The number of nitrogens with zero attached hydrogens (tertiary/aromatic N) is 4. The number of ether oxygens (including phenoxy) is 1. The lowest BCUT2D eigenvalue weighted by Crippen LogP contribution is -2.48. The number of ketones is 1. The van der Waals surface area contributed by atoms with Gasteiger partial charge in [-0.2, -0.15) is 0 Å². The molecule has 2 aliphatic rings. The third kappa shape index (κ3) is 4.70. The van der Waals surface area contributed by atoms with Gasteiger partial charge in [-0.3, -0.25) is 9.59 Å². The fourth-order valence-electron chi connectivity index (χ4n) is 5.18. The molecule has 2 aromatic heterocycles. The highest BCUT2D eigenvalue weighted by Gasteiger charge is 2.34. The van der Waals surface area contributed by atoms with Crippen molar-refractivity contribution in [1.29, 1.82) is 0 Å². The van der Waals surface area contributed by atoms with E-state index in [0.717, 1.165) is 32.6 Å². The molecule has 4 aromatic rings. The number of amides is 1. The van der Waals surface area contributed by atoms with Crippen LogP contribution in [0.2, 0.25) is 5.02 Å². The van der Waals surface area contributed by atoms with E-state index in [4.69, 9.17) is 16.3 Å². The highest BCUT2D eigenvalue weighted by Crippen LogP contribution is 2.34. The van der Waals surface area contributed by atoms with E-state index in [-0.39, 0.29) is 17.6 Å². The smallest absolute Gasteiger partial charge is 0.227 e. The molecule has 2 saturated heterocycles. The second kappa shape index (κ2) is 10.4. The molecule has 6 rings (SSSR count). The lowest BCUT2D eigenvalue weighted by atomic mass is 10.0. The zero-order valence-corrected chi connectivity index (χ0v) is 21.4. The summed E-state index contributed by atoms with van der Waals surface area (Å²) in [5.74, 6) is 1.72. The minimum atomic E-state index is -0.240. The van der Waals surface area contributed by atoms with Crippen molar-refractivity contribution in [2.45, 2.75) is 6.42 Å². The molecule has 10 heteroatoms. The van der Waals surface area contributed by atoms with Gasteiger partial charge in [0.1, 0.15) is 29.3 Å². The topological polar surface area (TPSA) is 103 Å². The molecule has 4 heterocycles. The second-order valence-electron chi connectivity index (χ2n) is 9.52. The van der Waals surface area contributed by atoms with Gasteiger partial charge in [0.2, 0.25) is 5.91 Å². The molecule has 0 saturated carbocycles. The Morgan fingerprint density at radius 3 is 2.58 bits per heavy atom. The number of piperazine rings is 1. The molecule has 2 aromatic carbocycles. The van der Waals surface area contributed by atoms with E-state index in [1.54, 1.807) is 24.4 Å². The number of rotatable bonds is 6. The summed E-state index contributed by atoms with van der Waals surface area (Å²) < 4.78 is 5.85. The fraction of sp³-hybridized carbons (Fsp3) is 0.286. The summed E-state index contributed by atoms with van der Waals surface area (Å²) >= 11 is 6.55. The van der Waals surface area contributed by atoms with E-state index in [2.05, 4.69) is 25.2 Å². The first-order chi connectivity index (χ1) is 18.6. The molecule has 9 nitrogen and oxygen atoms in total. The Labute approximate surface area is 224 Å². The number of nitrogens with one attached hydrogen (secondary N) is 2. The molecule has 0 spiro atoms. The molecule has 2 N–H and O–H groups in total. The van der Waals surface area contributed by atoms with Gasteiger partial charge in [-0.05, 0) is 30.7 Å². The van der Waals surface area contributed by atoms with Gasteiger partial charge >= 0.3 is 0 Å². The van der Waals surface area contributed by atoms with Crippen LogP contribution in [0.15, 0.2) is 61.1 Å². The van der Waals surface area contributed by atoms with E-state index in [1.165, 1.54) is 6.33 Å². The highest BCUT2D eigenvalue weighted by atomic mass is 35.5. The number of fused-ring (bicyclic) bond motifs is 1. The first-order valence-electron chi connectivity index (χ1n) is 12.7. The Morgan fingerprint density at radius 1 is 0.974 bits per heavy atom. The van der Waals surface area contributed by atoms with Crippen LogP contribution >= 0.6 is 11.6 Å². The van der Waals surface area contributed by atoms with Crippen molar-refractivity contribution in [3.05, 3.63) is 77.2 Å². The Hall–Kier alpha value is -3.95. The maximum atomic E-state index is 13.7. The van der Waals surface area contributed by atoms with Gasteiger partial charge in [0.25, 0.3) is 0 Å². The predicted octanol–water partition coefficient (Wildman–Crippen LogP) is 3.89. The molecule has 2 fully saturated rings. The highest BCUT2D eigenvalue weighted by molar-refractivity contribution is 6.35. The molecule has 1 unspecified atom stereocenters. The van der Waals surface area contributed by atoms with Crippen LogP contribution < -0.4 is 15.0 Å². The summed E-state index contributed by atoms with van der Waals surface area (Å²) in [7, 11) is 0. The minimum Gasteiger partial charge on any atom is -0.457 e. The third-order valence-electron chi connectivity index (χ3n) is 7.12. The number of carbonyl (C=O) groups excluding carboxylic acids is 2. The summed E-state index contributed by atoms with van der Waals surface area (Å²) in [6.45, 7) is 4.36. The fourth-order valence-corrected chi connectivity index (χ4v) is 5.43. The van der Waals surface area contributed by atoms with Gasteiger partial charge in [-0.1, -0.05) is 29.8 Å². The van der Waals surface area contributed by atoms with Crippen molar-refractivity contribution in [1.82, 2.24) is 25.2 Å². The van der Waals surface area contributed by atoms with Crippen molar-refractivity contribution in [2.75, 3.05) is 44.2 Å². The zero-order valence-electron chi connectivity index (χ0n) is 20.7. The summed E-state index contributed by atoms with van der Waals surface area (Å²) in [5.41, 5.74) is 1.36. The molecule has 1 atom stereocenters.